The van der Waals surface area contributed by atoms with Crippen molar-refractivity contribution in [3.8, 4) is 0 Å². The molecular weight excluding hydrogens is 274 g/mol. The van der Waals surface area contributed by atoms with Gasteiger partial charge in [-0.25, -0.2) is 4.39 Å². The van der Waals surface area contributed by atoms with E-state index in [2.05, 4.69) is 22.6 Å². The minimum Gasteiger partial charge on any atom is -0.205 e. The maximum atomic E-state index is 13.2. The summed E-state index contributed by atoms with van der Waals surface area (Å²) in [4.78, 5) is 0.755. The van der Waals surface area contributed by atoms with Crippen LogP contribution in [0.3, 0.4) is 0 Å². The summed E-state index contributed by atoms with van der Waals surface area (Å²) in [6.07, 6.45) is 1.89. The van der Waals surface area contributed by atoms with E-state index in [1.807, 2.05) is 12.3 Å². The summed E-state index contributed by atoms with van der Waals surface area (Å²) in [5.74, 6) is -0.0793. The first-order chi connectivity index (χ1) is 5.16. The van der Waals surface area contributed by atoms with Crippen LogP contribution in [0, 0.1) is 16.3 Å². The number of aryl methyl sites for hydroxylation is 1. The van der Waals surface area contributed by atoms with E-state index in [-0.39, 0.29) is 5.82 Å². The van der Waals surface area contributed by atoms with E-state index in [0.29, 0.717) is 0 Å². The van der Waals surface area contributed by atoms with Gasteiger partial charge in [0.2, 0.25) is 0 Å². The molecule has 0 N–H and O–H groups in total. The van der Waals surface area contributed by atoms with Crippen LogP contribution >= 0.6 is 34.4 Å². The van der Waals surface area contributed by atoms with Gasteiger partial charge in [0.15, 0.2) is 0 Å². The smallest absolute Gasteiger partial charge is 0.140 e. The van der Waals surface area contributed by atoms with Crippen LogP contribution in [0.4, 0.5) is 4.39 Å². The maximum Gasteiger partial charge on any atom is 0.140 e. The number of rotatable bonds is 1. The van der Waals surface area contributed by atoms with E-state index in [4.69, 9.17) is 0 Å². The predicted molar refractivity (Wildman–Crippen MR) is 55.6 cm³/mol. The number of thioether (sulfide) groups is 1. The van der Waals surface area contributed by atoms with Crippen LogP contribution in [0.25, 0.3) is 0 Å². The largest absolute Gasteiger partial charge is 0.205 e. The molecule has 1 aromatic rings. The van der Waals surface area contributed by atoms with Crippen LogP contribution < -0.4 is 0 Å². The first kappa shape index (κ1) is 9.32. The standard InChI is InChI=1S/C8H8FIS/c1-5-3-4-6(10)8(11-2)7(5)9/h3-4H,1-2H3. The molecule has 0 fully saturated rings. The number of hydrogen-bond donors (Lipinski definition) is 0. The van der Waals surface area contributed by atoms with Crippen molar-refractivity contribution in [2.45, 2.75) is 11.8 Å². The normalized spacial score (nSPS) is 10.2. The second kappa shape index (κ2) is 3.76. The first-order valence-corrected chi connectivity index (χ1v) is 5.45. The highest BCUT2D eigenvalue weighted by atomic mass is 127. The van der Waals surface area contributed by atoms with E-state index in [0.717, 1.165) is 14.0 Å². The summed E-state index contributed by atoms with van der Waals surface area (Å²) in [6.45, 7) is 1.78. The molecule has 60 valence electrons. The highest BCUT2D eigenvalue weighted by Crippen LogP contribution is 2.27. The highest BCUT2D eigenvalue weighted by molar-refractivity contribution is 14.1. The van der Waals surface area contributed by atoms with Gasteiger partial charge in [0.1, 0.15) is 5.82 Å². The molecule has 0 radical (unpaired) electrons. The summed E-state index contributed by atoms with van der Waals surface area (Å²) in [6, 6.07) is 3.74. The average molecular weight is 282 g/mol. The Morgan fingerprint density at radius 2 is 2.09 bits per heavy atom. The molecule has 0 saturated carbocycles. The third-order valence-corrected chi connectivity index (χ3v) is 3.52. The topological polar surface area (TPSA) is 0 Å². The van der Waals surface area contributed by atoms with Gasteiger partial charge in [-0.2, -0.15) is 0 Å². The quantitative estimate of drug-likeness (QED) is 0.561. The molecule has 1 rings (SSSR count). The zero-order valence-corrected chi connectivity index (χ0v) is 9.29. The van der Waals surface area contributed by atoms with Crippen LogP contribution in [0.1, 0.15) is 5.56 Å². The third kappa shape index (κ3) is 1.87. The molecule has 0 heterocycles. The zero-order chi connectivity index (χ0) is 8.43. The van der Waals surface area contributed by atoms with Crippen LogP contribution in [0.2, 0.25) is 0 Å². The molecule has 0 unspecified atom stereocenters. The molecule has 0 aliphatic heterocycles. The average Bonchev–Trinajstić information content (AvgIpc) is 1.99. The molecule has 1 aromatic carbocycles. The number of hydrogen-bond acceptors (Lipinski definition) is 1. The molecule has 11 heavy (non-hydrogen) atoms. The van der Waals surface area contributed by atoms with Crippen LogP contribution in [0.15, 0.2) is 17.0 Å². The zero-order valence-electron chi connectivity index (χ0n) is 6.32. The van der Waals surface area contributed by atoms with Gasteiger partial charge in [0.05, 0.1) is 4.90 Å². The molecule has 0 aliphatic carbocycles. The fraction of sp³-hybridized carbons (Fsp3) is 0.250. The van der Waals surface area contributed by atoms with Crippen LogP contribution in [-0.2, 0) is 0 Å². The van der Waals surface area contributed by atoms with E-state index >= 15 is 0 Å². The van der Waals surface area contributed by atoms with E-state index in [9.17, 15) is 4.39 Å². The van der Waals surface area contributed by atoms with Gasteiger partial charge in [-0.1, -0.05) is 6.07 Å². The highest BCUT2D eigenvalue weighted by Gasteiger charge is 2.07. The Hall–Kier alpha value is 0.230. The Balaban J connectivity index is 3.29. The lowest BCUT2D eigenvalue weighted by Gasteiger charge is -2.04. The van der Waals surface area contributed by atoms with Crippen molar-refractivity contribution >= 4 is 34.4 Å². The van der Waals surface area contributed by atoms with Crippen molar-refractivity contribution in [2.24, 2.45) is 0 Å². The molecule has 0 saturated heterocycles. The van der Waals surface area contributed by atoms with Crippen molar-refractivity contribution < 1.29 is 4.39 Å². The minimum absolute atomic E-state index is 0.0793. The van der Waals surface area contributed by atoms with Crippen molar-refractivity contribution in [3.63, 3.8) is 0 Å². The molecule has 0 aromatic heterocycles. The SMILES string of the molecule is CSc1c(I)ccc(C)c1F. The molecule has 0 bridgehead atoms. The fourth-order valence-corrected chi connectivity index (χ4v) is 2.50. The molecule has 0 amide bonds. The first-order valence-electron chi connectivity index (χ1n) is 3.15. The summed E-state index contributed by atoms with van der Waals surface area (Å²) in [7, 11) is 0. The lowest BCUT2D eigenvalue weighted by Crippen LogP contribution is -1.88. The number of halogens is 2. The van der Waals surface area contributed by atoms with Gasteiger partial charge in [0, 0.05) is 3.57 Å². The number of benzene rings is 1. The van der Waals surface area contributed by atoms with E-state index in [1.54, 1.807) is 13.0 Å². The van der Waals surface area contributed by atoms with Gasteiger partial charge < -0.3 is 0 Å². The summed E-state index contributed by atoms with van der Waals surface area (Å²) in [5, 5.41) is 0. The van der Waals surface area contributed by atoms with Crippen LogP contribution in [-0.4, -0.2) is 6.26 Å². The second-order valence-electron chi connectivity index (χ2n) is 2.21. The van der Waals surface area contributed by atoms with Gasteiger partial charge in [-0.3, -0.25) is 0 Å². The predicted octanol–water partition coefficient (Wildman–Crippen LogP) is 3.46. The Bertz CT molecular complexity index is 273. The maximum absolute atomic E-state index is 13.2. The molecule has 0 nitrogen and oxygen atoms in total. The molecule has 0 atom stereocenters. The second-order valence-corrected chi connectivity index (χ2v) is 4.19. The Morgan fingerprint density at radius 3 is 2.55 bits per heavy atom. The van der Waals surface area contributed by atoms with Gasteiger partial charge >= 0.3 is 0 Å². The molecule has 3 heteroatoms. The molecular formula is C8H8FIS. The van der Waals surface area contributed by atoms with Crippen molar-refractivity contribution in [3.05, 3.63) is 27.1 Å². The molecule has 0 spiro atoms. The summed E-state index contributed by atoms with van der Waals surface area (Å²) in [5.41, 5.74) is 0.717. The minimum atomic E-state index is -0.0793. The summed E-state index contributed by atoms with van der Waals surface area (Å²) >= 11 is 3.60. The Labute approximate surface area is 83.7 Å². The van der Waals surface area contributed by atoms with E-state index < -0.39 is 0 Å². The lowest BCUT2D eigenvalue weighted by atomic mass is 10.2. The molecule has 0 aliphatic rings. The van der Waals surface area contributed by atoms with Gasteiger partial charge in [0.25, 0.3) is 0 Å². The van der Waals surface area contributed by atoms with E-state index in [1.165, 1.54) is 11.8 Å². The van der Waals surface area contributed by atoms with Gasteiger partial charge in [-0.15, -0.1) is 11.8 Å². The van der Waals surface area contributed by atoms with Gasteiger partial charge in [-0.05, 0) is 47.4 Å². The fourth-order valence-electron chi connectivity index (χ4n) is 0.818. The van der Waals surface area contributed by atoms with Crippen molar-refractivity contribution in [2.75, 3.05) is 6.26 Å². The Kier molecular flexibility index (Phi) is 3.18. The van der Waals surface area contributed by atoms with Crippen molar-refractivity contribution in [1.29, 1.82) is 0 Å². The Morgan fingerprint density at radius 1 is 1.45 bits per heavy atom. The van der Waals surface area contributed by atoms with Crippen molar-refractivity contribution in [1.82, 2.24) is 0 Å². The third-order valence-electron chi connectivity index (χ3n) is 1.45. The lowest BCUT2D eigenvalue weighted by molar-refractivity contribution is 0.590. The summed E-state index contributed by atoms with van der Waals surface area (Å²) < 4.78 is 14.2. The monoisotopic (exact) mass is 282 g/mol. The van der Waals surface area contributed by atoms with Crippen LogP contribution in [0.5, 0.6) is 0 Å².